The van der Waals surface area contributed by atoms with E-state index in [-0.39, 0.29) is 6.01 Å². The third kappa shape index (κ3) is 1.86. The first-order valence-corrected chi connectivity index (χ1v) is 5.41. The van der Waals surface area contributed by atoms with Crippen molar-refractivity contribution in [1.82, 2.24) is 4.98 Å². The first kappa shape index (κ1) is 11.5. The van der Waals surface area contributed by atoms with Gasteiger partial charge in [-0.15, -0.1) is 0 Å². The number of nitrogen functional groups attached to an aromatic ring is 1. The number of anilines is 1. The van der Waals surface area contributed by atoms with Crippen molar-refractivity contribution in [2.45, 2.75) is 20.8 Å². The normalized spacial score (nSPS) is 10.6. The van der Waals surface area contributed by atoms with E-state index in [2.05, 4.69) is 4.98 Å². The molecule has 1 aromatic heterocycles. The lowest BCUT2D eigenvalue weighted by molar-refractivity contribution is 0.411. The maximum Gasteiger partial charge on any atom is 0.292 e. The monoisotopic (exact) mass is 232 g/mol. The molecule has 0 saturated heterocycles. The van der Waals surface area contributed by atoms with E-state index in [0.717, 1.165) is 28.0 Å². The van der Waals surface area contributed by atoms with Gasteiger partial charge in [-0.3, -0.25) is 0 Å². The van der Waals surface area contributed by atoms with Crippen LogP contribution in [0.2, 0.25) is 0 Å². The number of oxazole rings is 1. The van der Waals surface area contributed by atoms with Crippen LogP contribution in [-0.4, -0.2) is 12.1 Å². The van der Waals surface area contributed by atoms with Crippen molar-refractivity contribution >= 4 is 6.01 Å². The fourth-order valence-corrected chi connectivity index (χ4v) is 2.04. The molecule has 4 heteroatoms. The zero-order valence-corrected chi connectivity index (χ0v) is 10.5. The number of aromatic nitrogens is 1. The van der Waals surface area contributed by atoms with Crippen molar-refractivity contribution in [1.29, 1.82) is 0 Å². The number of methoxy groups -OCH3 is 1. The van der Waals surface area contributed by atoms with Crippen LogP contribution in [0.3, 0.4) is 0 Å². The van der Waals surface area contributed by atoms with E-state index in [4.69, 9.17) is 14.9 Å². The molecule has 0 atom stereocenters. The smallest absolute Gasteiger partial charge is 0.292 e. The SMILES string of the molecule is COc1cc(C)c(-c2cnc(N)o2)c(C)c1C. The van der Waals surface area contributed by atoms with Crippen LogP contribution in [0.5, 0.6) is 5.75 Å². The average Bonchev–Trinajstić information content (AvgIpc) is 2.70. The number of aryl methyl sites for hydroxylation is 1. The Labute approximate surface area is 100 Å². The molecule has 2 rings (SSSR count). The predicted molar refractivity (Wildman–Crippen MR) is 67.1 cm³/mol. The molecule has 0 amide bonds. The molecule has 2 aromatic rings. The van der Waals surface area contributed by atoms with Crippen molar-refractivity contribution in [3.05, 3.63) is 29.0 Å². The van der Waals surface area contributed by atoms with Crippen molar-refractivity contribution in [2.75, 3.05) is 12.8 Å². The molecule has 1 aromatic carbocycles. The second-order valence-corrected chi connectivity index (χ2v) is 4.08. The van der Waals surface area contributed by atoms with Gasteiger partial charge in [-0.05, 0) is 43.5 Å². The van der Waals surface area contributed by atoms with Gasteiger partial charge in [-0.25, -0.2) is 4.98 Å². The molecule has 0 fully saturated rings. The molecule has 0 spiro atoms. The van der Waals surface area contributed by atoms with Gasteiger partial charge in [0.2, 0.25) is 0 Å². The summed E-state index contributed by atoms with van der Waals surface area (Å²) in [6, 6.07) is 2.18. The Bertz CT molecular complexity index is 559. The summed E-state index contributed by atoms with van der Waals surface area (Å²) in [4.78, 5) is 3.93. The lowest BCUT2D eigenvalue weighted by Gasteiger charge is -2.14. The van der Waals surface area contributed by atoms with Crippen LogP contribution in [-0.2, 0) is 0 Å². The number of hydrogen-bond acceptors (Lipinski definition) is 4. The topological polar surface area (TPSA) is 61.3 Å². The highest BCUT2D eigenvalue weighted by Gasteiger charge is 2.15. The molecule has 0 saturated carbocycles. The summed E-state index contributed by atoms with van der Waals surface area (Å²) in [6.45, 7) is 6.08. The first-order valence-electron chi connectivity index (χ1n) is 5.41. The standard InChI is InChI=1S/C13H16N2O2/c1-7-5-10(16-4)8(2)9(3)12(7)11-6-15-13(14)17-11/h5-6H,1-4H3,(H2,14,15). The Morgan fingerprint density at radius 1 is 1.24 bits per heavy atom. The number of nitrogens with two attached hydrogens (primary N) is 1. The molecule has 4 nitrogen and oxygen atoms in total. The van der Waals surface area contributed by atoms with Gasteiger partial charge in [0, 0.05) is 5.56 Å². The van der Waals surface area contributed by atoms with Crippen molar-refractivity contribution in [2.24, 2.45) is 0 Å². The van der Waals surface area contributed by atoms with E-state index in [1.54, 1.807) is 13.3 Å². The van der Waals surface area contributed by atoms with Crippen LogP contribution >= 0.6 is 0 Å². The molecule has 90 valence electrons. The maximum absolute atomic E-state index is 5.51. The summed E-state index contributed by atoms with van der Waals surface area (Å²) in [6.07, 6.45) is 1.65. The largest absolute Gasteiger partial charge is 0.496 e. The number of hydrogen-bond donors (Lipinski definition) is 1. The molecule has 0 unspecified atom stereocenters. The van der Waals surface area contributed by atoms with Crippen LogP contribution in [0.25, 0.3) is 11.3 Å². The third-order valence-electron chi connectivity index (χ3n) is 3.04. The minimum Gasteiger partial charge on any atom is -0.496 e. The van der Waals surface area contributed by atoms with Crippen LogP contribution in [0.15, 0.2) is 16.7 Å². The van der Waals surface area contributed by atoms with Crippen LogP contribution in [0.4, 0.5) is 6.01 Å². The summed E-state index contributed by atoms with van der Waals surface area (Å²) >= 11 is 0. The minimum atomic E-state index is 0.187. The van der Waals surface area contributed by atoms with Crippen LogP contribution in [0.1, 0.15) is 16.7 Å². The lowest BCUT2D eigenvalue weighted by Crippen LogP contribution is -1.95. The number of benzene rings is 1. The van der Waals surface area contributed by atoms with Crippen LogP contribution < -0.4 is 10.5 Å². The first-order chi connectivity index (χ1) is 8.04. The van der Waals surface area contributed by atoms with Gasteiger partial charge in [-0.2, -0.15) is 0 Å². The molecule has 0 bridgehead atoms. The Kier molecular flexibility index (Phi) is 2.79. The van der Waals surface area contributed by atoms with E-state index < -0.39 is 0 Å². The molecule has 0 aliphatic rings. The quantitative estimate of drug-likeness (QED) is 0.864. The Morgan fingerprint density at radius 3 is 2.47 bits per heavy atom. The van der Waals surface area contributed by atoms with Gasteiger partial charge in [-0.1, -0.05) is 0 Å². The van der Waals surface area contributed by atoms with Gasteiger partial charge in [0.1, 0.15) is 5.75 Å². The zero-order valence-electron chi connectivity index (χ0n) is 10.5. The van der Waals surface area contributed by atoms with Crippen molar-refractivity contribution in [3.8, 4) is 17.1 Å². The molecular weight excluding hydrogens is 216 g/mol. The summed E-state index contributed by atoms with van der Waals surface area (Å²) in [5, 5.41) is 0. The van der Waals surface area contributed by atoms with Crippen molar-refractivity contribution < 1.29 is 9.15 Å². The van der Waals surface area contributed by atoms with Gasteiger partial charge in [0.15, 0.2) is 5.76 Å². The molecular formula is C13H16N2O2. The number of nitrogens with zero attached hydrogens (tertiary/aromatic N) is 1. The van der Waals surface area contributed by atoms with Gasteiger partial charge < -0.3 is 14.9 Å². The number of rotatable bonds is 2. The van der Waals surface area contributed by atoms with Crippen molar-refractivity contribution in [3.63, 3.8) is 0 Å². The molecule has 0 aliphatic heterocycles. The lowest BCUT2D eigenvalue weighted by atomic mass is 9.96. The Balaban J connectivity index is 2.66. The van der Waals surface area contributed by atoms with Gasteiger partial charge in [0.05, 0.1) is 13.3 Å². The number of ether oxygens (including phenoxy) is 1. The molecule has 17 heavy (non-hydrogen) atoms. The fraction of sp³-hybridized carbons (Fsp3) is 0.308. The molecule has 0 radical (unpaired) electrons. The van der Waals surface area contributed by atoms with E-state index in [9.17, 15) is 0 Å². The molecule has 0 aliphatic carbocycles. The predicted octanol–water partition coefficient (Wildman–Crippen LogP) is 2.86. The van der Waals surface area contributed by atoms with Gasteiger partial charge >= 0.3 is 0 Å². The second kappa shape index (κ2) is 4.13. The van der Waals surface area contributed by atoms with E-state index in [1.807, 2.05) is 26.8 Å². The highest BCUT2D eigenvalue weighted by atomic mass is 16.5. The summed E-state index contributed by atoms with van der Waals surface area (Å²) < 4.78 is 10.7. The average molecular weight is 232 g/mol. The van der Waals surface area contributed by atoms with Gasteiger partial charge in [0.25, 0.3) is 6.01 Å². The highest BCUT2D eigenvalue weighted by Crippen LogP contribution is 2.34. The third-order valence-corrected chi connectivity index (χ3v) is 3.04. The Morgan fingerprint density at radius 2 is 1.94 bits per heavy atom. The summed E-state index contributed by atoms with van der Waals surface area (Å²) in [7, 11) is 1.67. The molecule has 1 heterocycles. The fourth-order valence-electron chi connectivity index (χ4n) is 2.04. The molecule has 2 N–H and O–H groups in total. The van der Waals surface area contributed by atoms with Crippen LogP contribution in [0, 0.1) is 20.8 Å². The van der Waals surface area contributed by atoms with E-state index in [1.165, 1.54) is 0 Å². The summed E-state index contributed by atoms with van der Waals surface area (Å²) in [5.74, 6) is 1.58. The maximum atomic E-state index is 5.51. The summed E-state index contributed by atoms with van der Waals surface area (Å²) in [5.41, 5.74) is 9.85. The minimum absolute atomic E-state index is 0.187. The second-order valence-electron chi connectivity index (χ2n) is 4.08. The highest BCUT2D eigenvalue weighted by molar-refractivity contribution is 5.70. The van der Waals surface area contributed by atoms with E-state index >= 15 is 0 Å². The van der Waals surface area contributed by atoms with E-state index in [0.29, 0.717) is 5.76 Å². The zero-order chi connectivity index (χ0) is 12.6. The Hall–Kier alpha value is -1.97.